The second kappa shape index (κ2) is 13.6. The highest BCUT2D eigenvalue weighted by Gasteiger charge is 2.13. The molecule has 3 aromatic carbocycles. The van der Waals surface area contributed by atoms with E-state index in [0.29, 0.717) is 55.0 Å². The molecule has 0 spiro atoms. The Morgan fingerprint density at radius 1 is 0.857 bits per heavy atom. The van der Waals surface area contributed by atoms with Crippen molar-refractivity contribution in [2.45, 2.75) is 27.4 Å². The second-order valence-electron chi connectivity index (χ2n) is 7.26. The number of carbonyl (C=O) groups excluding carboxylic acids is 1. The van der Waals surface area contributed by atoms with Crippen LogP contribution in [0.5, 0.6) is 23.0 Å². The van der Waals surface area contributed by atoms with Gasteiger partial charge in [-0.2, -0.15) is 5.10 Å². The van der Waals surface area contributed by atoms with Crippen LogP contribution in [-0.4, -0.2) is 31.9 Å². The predicted octanol–water partition coefficient (Wildman–Crippen LogP) is 5.83. The molecule has 1 amide bonds. The van der Waals surface area contributed by atoms with Gasteiger partial charge in [0.2, 0.25) is 0 Å². The molecule has 0 aliphatic carbocycles. The molecule has 0 aliphatic rings. The minimum atomic E-state index is -0.354. The molecule has 0 aromatic heterocycles. The highest BCUT2D eigenvalue weighted by molar-refractivity contribution is 14.1. The monoisotopic (exact) mass is 588 g/mol. The number of benzene rings is 3. The number of hydrogen-bond donors (Lipinski definition) is 1. The molecule has 3 aromatic rings. The molecule has 0 fully saturated rings. The molecule has 0 radical (unpaired) electrons. The van der Waals surface area contributed by atoms with Gasteiger partial charge in [-0.25, -0.2) is 5.43 Å². The van der Waals surface area contributed by atoms with Gasteiger partial charge in [0.05, 0.1) is 29.6 Å². The number of amides is 1. The Labute approximate surface area is 219 Å². The Hall–Kier alpha value is -3.27. The van der Waals surface area contributed by atoms with Gasteiger partial charge in [-0.05, 0) is 84.8 Å². The van der Waals surface area contributed by atoms with E-state index in [9.17, 15) is 4.79 Å². The van der Waals surface area contributed by atoms with Gasteiger partial charge < -0.3 is 18.9 Å². The van der Waals surface area contributed by atoms with Crippen molar-refractivity contribution in [3.8, 4) is 23.0 Å². The van der Waals surface area contributed by atoms with E-state index in [0.717, 1.165) is 14.7 Å². The van der Waals surface area contributed by atoms with Gasteiger partial charge >= 0.3 is 0 Å². The fourth-order valence-electron chi connectivity index (χ4n) is 3.22. The average Bonchev–Trinajstić information content (AvgIpc) is 2.85. The smallest absolute Gasteiger partial charge is 0.271 e. The Bertz CT molecular complexity index is 1150. The minimum Gasteiger partial charge on any atom is -0.490 e. The summed E-state index contributed by atoms with van der Waals surface area (Å²) in [5, 5.41) is 4.12. The average molecular weight is 588 g/mol. The molecule has 0 heterocycles. The van der Waals surface area contributed by atoms with E-state index in [1.54, 1.807) is 24.4 Å². The van der Waals surface area contributed by atoms with Gasteiger partial charge in [-0.15, -0.1) is 0 Å². The van der Waals surface area contributed by atoms with Crippen molar-refractivity contribution in [2.24, 2.45) is 5.10 Å². The molecule has 0 bridgehead atoms. The molecular formula is C27H29IN2O5. The summed E-state index contributed by atoms with van der Waals surface area (Å²) in [6.07, 6.45) is 1.57. The van der Waals surface area contributed by atoms with Crippen molar-refractivity contribution in [3.05, 3.63) is 80.9 Å². The van der Waals surface area contributed by atoms with Crippen LogP contribution in [0.3, 0.4) is 0 Å². The lowest BCUT2D eigenvalue weighted by Crippen LogP contribution is -2.17. The van der Waals surface area contributed by atoms with Crippen LogP contribution in [0.2, 0.25) is 0 Å². The lowest BCUT2D eigenvalue weighted by molar-refractivity contribution is 0.0954. The molecule has 0 atom stereocenters. The molecule has 184 valence electrons. The normalized spacial score (nSPS) is 10.7. The SMILES string of the molecule is CCOc1ccc(C(=O)N/N=C/c2cc(I)c(OCc3ccccc3)c(OCC)c2)cc1OCC. The molecule has 0 saturated carbocycles. The molecule has 35 heavy (non-hydrogen) atoms. The van der Waals surface area contributed by atoms with Crippen LogP contribution in [0, 0.1) is 3.57 Å². The maximum absolute atomic E-state index is 12.6. The zero-order valence-corrected chi connectivity index (χ0v) is 22.2. The first-order valence-corrected chi connectivity index (χ1v) is 12.5. The van der Waals surface area contributed by atoms with Crippen molar-refractivity contribution in [2.75, 3.05) is 19.8 Å². The summed E-state index contributed by atoms with van der Waals surface area (Å²) in [4.78, 5) is 12.6. The topological polar surface area (TPSA) is 78.4 Å². The van der Waals surface area contributed by atoms with Crippen LogP contribution in [0.1, 0.15) is 42.3 Å². The van der Waals surface area contributed by atoms with Crippen LogP contribution < -0.4 is 24.4 Å². The van der Waals surface area contributed by atoms with Gasteiger partial charge in [0.1, 0.15) is 6.61 Å². The van der Waals surface area contributed by atoms with E-state index in [1.807, 2.05) is 63.2 Å². The van der Waals surface area contributed by atoms with Crippen molar-refractivity contribution in [1.82, 2.24) is 5.43 Å². The third-order valence-corrected chi connectivity index (χ3v) is 5.54. The number of hydrazone groups is 1. The van der Waals surface area contributed by atoms with Crippen molar-refractivity contribution < 1.29 is 23.7 Å². The van der Waals surface area contributed by atoms with Crippen molar-refractivity contribution in [1.29, 1.82) is 0 Å². The van der Waals surface area contributed by atoms with Crippen LogP contribution in [0.4, 0.5) is 0 Å². The van der Waals surface area contributed by atoms with E-state index >= 15 is 0 Å². The van der Waals surface area contributed by atoms with E-state index in [1.165, 1.54) is 0 Å². The molecule has 8 heteroatoms. The lowest BCUT2D eigenvalue weighted by atomic mass is 10.2. The Morgan fingerprint density at radius 2 is 1.54 bits per heavy atom. The molecule has 0 saturated heterocycles. The Morgan fingerprint density at radius 3 is 2.26 bits per heavy atom. The van der Waals surface area contributed by atoms with Gasteiger partial charge in [0.15, 0.2) is 23.0 Å². The summed E-state index contributed by atoms with van der Waals surface area (Å²) in [7, 11) is 0. The summed E-state index contributed by atoms with van der Waals surface area (Å²) in [6, 6.07) is 18.8. The summed E-state index contributed by atoms with van der Waals surface area (Å²) in [6.45, 7) is 7.60. The number of hydrogen-bond acceptors (Lipinski definition) is 6. The maximum Gasteiger partial charge on any atom is 0.271 e. The van der Waals surface area contributed by atoms with E-state index in [2.05, 4.69) is 33.1 Å². The first kappa shape index (κ1) is 26.3. The predicted molar refractivity (Wildman–Crippen MR) is 145 cm³/mol. The van der Waals surface area contributed by atoms with Crippen molar-refractivity contribution in [3.63, 3.8) is 0 Å². The third kappa shape index (κ3) is 7.61. The molecule has 0 aliphatic heterocycles. The van der Waals surface area contributed by atoms with Crippen LogP contribution >= 0.6 is 22.6 Å². The van der Waals surface area contributed by atoms with E-state index in [-0.39, 0.29) is 5.91 Å². The molecule has 0 unspecified atom stereocenters. The van der Waals surface area contributed by atoms with Crippen LogP contribution in [0.15, 0.2) is 65.8 Å². The Kier molecular flexibility index (Phi) is 10.2. The maximum atomic E-state index is 12.6. The van der Waals surface area contributed by atoms with Crippen LogP contribution in [0.25, 0.3) is 0 Å². The summed E-state index contributed by atoms with van der Waals surface area (Å²) in [5.41, 5.74) is 4.82. The third-order valence-electron chi connectivity index (χ3n) is 4.74. The second-order valence-corrected chi connectivity index (χ2v) is 8.43. The Balaban J connectivity index is 1.71. The number of carbonyl (C=O) groups is 1. The van der Waals surface area contributed by atoms with Gasteiger partial charge in [-0.3, -0.25) is 4.79 Å². The molecule has 7 nitrogen and oxygen atoms in total. The number of nitrogens with zero attached hydrogens (tertiary/aromatic N) is 1. The number of halogens is 1. The standard InChI is InChI=1S/C27H29IN2O5/c1-4-32-23-13-12-21(16-24(23)33-5-2)27(31)30-29-17-20-14-22(28)26(25(15-20)34-6-3)35-18-19-10-8-7-9-11-19/h7-17H,4-6,18H2,1-3H3,(H,30,31)/b29-17+. The highest BCUT2D eigenvalue weighted by Crippen LogP contribution is 2.34. The molecular weight excluding hydrogens is 559 g/mol. The molecule has 1 N–H and O–H groups in total. The van der Waals surface area contributed by atoms with E-state index in [4.69, 9.17) is 18.9 Å². The summed E-state index contributed by atoms with van der Waals surface area (Å²) < 4.78 is 23.9. The first-order chi connectivity index (χ1) is 17.0. The van der Waals surface area contributed by atoms with Crippen LogP contribution in [-0.2, 0) is 6.61 Å². The zero-order chi connectivity index (χ0) is 25.0. The van der Waals surface area contributed by atoms with E-state index < -0.39 is 0 Å². The van der Waals surface area contributed by atoms with Crippen molar-refractivity contribution >= 4 is 34.7 Å². The highest BCUT2D eigenvalue weighted by atomic mass is 127. The quantitative estimate of drug-likeness (QED) is 0.164. The fourth-order valence-corrected chi connectivity index (χ4v) is 4.00. The summed E-state index contributed by atoms with van der Waals surface area (Å²) >= 11 is 2.21. The van der Waals surface area contributed by atoms with Gasteiger partial charge in [-0.1, -0.05) is 30.3 Å². The number of rotatable bonds is 12. The zero-order valence-electron chi connectivity index (χ0n) is 20.0. The first-order valence-electron chi connectivity index (χ1n) is 11.4. The minimum absolute atomic E-state index is 0.354. The number of nitrogens with one attached hydrogen (secondary N) is 1. The molecule has 3 rings (SSSR count). The largest absolute Gasteiger partial charge is 0.490 e. The fraction of sp³-hybridized carbons (Fsp3) is 0.259. The van der Waals surface area contributed by atoms with Gasteiger partial charge in [0, 0.05) is 5.56 Å². The number of ether oxygens (including phenoxy) is 4. The summed E-state index contributed by atoms with van der Waals surface area (Å²) in [5.74, 6) is 2.06. The van der Waals surface area contributed by atoms with Gasteiger partial charge in [0.25, 0.3) is 5.91 Å². The lowest BCUT2D eigenvalue weighted by Gasteiger charge is -2.14.